The van der Waals surface area contributed by atoms with E-state index in [-0.39, 0.29) is 5.91 Å². The SMILES string of the molecule is Cn1ccnc1SCc1ccc(C(=O)N2CCCC2)cc1. The van der Waals surface area contributed by atoms with Gasteiger partial charge in [-0.25, -0.2) is 4.98 Å². The number of carbonyl (C=O) groups excluding carboxylic acids is 1. The van der Waals surface area contributed by atoms with Crippen LogP contribution in [0, 0.1) is 0 Å². The van der Waals surface area contributed by atoms with Crippen LogP contribution in [0.2, 0.25) is 0 Å². The number of nitrogens with zero attached hydrogens (tertiary/aromatic N) is 3. The largest absolute Gasteiger partial charge is 0.339 e. The van der Waals surface area contributed by atoms with E-state index in [1.54, 1.807) is 18.0 Å². The van der Waals surface area contributed by atoms with Gasteiger partial charge in [0.2, 0.25) is 0 Å². The summed E-state index contributed by atoms with van der Waals surface area (Å²) in [6.07, 6.45) is 6.01. The van der Waals surface area contributed by atoms with Gasteiger partial charge in [0.05, 0.1) is 0 Å². The Hall–Kier alpha value is -1.75. The van der Waals surface area contributed by atoms with E-state index in [1.807, 2.05) is 47.0 Å². The van der Waals surface area contributed by atoms with Crippen molar-refractivity contribution in [3.05, 3.63) is 47.8 Å². The fourth-order valence-corrected chi connectivity index (χ4v) is 3.37. The summed E-state index contributed by atoms with van der Waals surface area (Å²) < 4.78 is 2.01. The van der Waals surface area contributed by atoms with Crippen LogP contribution in [0.5, 0.6) is 0 Å². The van der Waals surface area contributed by atoms with Crippen LogP contribution in [0.4, 0.5) is 0 Å². The van der Waals surface area contributed by atoms with Crippen LogP contribution in [0.3, 0.4) is 0 Å². The zero-order valence-corrected chi connectivity index (χ0v) is 13.0. The fourth-order valence-electron chi connectivity index (χ4n) is 2.49. The predicted molar refractivity (Wildman–Crippen MR) is 84.3 cm³/mol. The molecule has 110 valence electrons. The third kappa shape index (κ3) is 3.29. The van der Waals surface area contributed by atoms with Gasteiger partial charge in [0.1, 0.15) is 0 Å². The molecule has 0 atom stereocenters. The Morgan fingerprint density at radius 2 is 1.95 bits per heavy atom. The molecule has 21 heavy (non-hydrogen) atoms. The first-order valence-corrected chi connectivity index (χ1v) is 8.21. The van der Waals surface area contributed by atoms with E-state index in [0.717, 1.165) is 42.4 Å². The summed E-state index contributed by atoms with van der Waals surface area (Å²) in [5.74, 6) is 1.03. The van der Waals surface area contributed by atoms with E-state index in [9.17, 15) is 4.79 Å². The predicted octanol–water partition coefficient (Wildman–Crippen LogP) is 2.95. The van der Waals surface area contributed by atoms with Crippen molar-refractivity contribution in [2.24, 2.45) is 7.05 Å². The topological polar surface area (TPSA) is 38.1 Å². The number of imidazole rings is 1. The van der Waals surface area contributed by atoms with Gasteiger partial charge < -0.3 is 9.47 Å². The molecule has 1 amide bonds. The molecule has 1 aromatic heterocycles. The Labute approximate surface area is 129 Å². The lowest BCUT2D eigenvalue weighted by atomic mass is 10.1. The van der Waals surface area contributed by atoms with E-state index in [4.69, 9.17) is 0 Å². The molecule has 0 spiro atoms. The second kappa shape index (κ2) is 6.35. The zero-order chi connectivity index (χ0) is 14.7. The highest BCUT2D eigenvalue weighted by atomic mass is 32.2. The van der Waals surface area contributed by atoms with Gasteiger partial charge in [0.15, 0.2) is 5.16 Å². The third-order valence-corrected chi connectivity index (χ3v) is 4.87. The molecular formula is C16H19N3OS. The molecule has 1 fully saturated rings. The lowest BCUT2D eigenvalue weighted by Crippen LogP contribution is -2.27. The number of benzene rings is 1. The lowest BCUT2D eigenvalue weighted by molar-refractivity contribution is 0.0793. The van der Waals surface area contributed by atoms with Gasteiger partial charge in [-0.05, 0) is 30.5 Å². The molecule has 2 heterocycles. The number of hydrogen-bond acceptors (Lipinski definition) is 3. The molecule has 0 unspecified atom stereocenters. The molecule has 1 saturated heterocycles. The summed E-state index contributed by atoms with van der Waals surface area (Å²) >= 11 is 1.70. The summed E-state index contributed by atoms with van der Waals surface area (Å²) in [6.45, 7) is 1.80. The monoisotopic (exact) mass is 301 g/mol. The van der Waals surface area contributed by atoms with Crippen LogP contribution < -0.4 is 0 Å². The third-order valence-electron chi connectivity index (χ3n) is 3.74. The Morgan fingerprint density at radius 3 is 2.57 bits per heavy atom. The van der Waals surface area contributed by atoms with Crippen LogP contribution >= 0.6 is 11.8 Å². The number of carbonyl (C=O) groups is 1. The van der Waals surface area contributed by atoms with Crippen LogP contribution in [-0.4, -0.2) is 33.4 Å². The molecule has 0 radical (unpaired) electrons. The molecule has 1 aliphatic heterocycles. The Morgan fingerprint density at radius 1 is 1.24 bits per heavy atom. The number of likely N-dealkylation sites (tertiary alicyclic amines) is 1. The summed E-state index contributed by atoms with van der Waals surface area (Å²) in [6, 6.07) is 7.96. The lowest BCUT2D eigenvalue weighted by Gasteiger charge is -2.15. The van der Waals surface area contributed by atoms with Gasteiger partial charge >= 0.3 is 0 Å². The van der Waals surface area contributed by atoms with E-state index in [0.29, 0.717) is 0 Å². The maximum atomic E-state index is 12.3. The minimum absolute atomic E-state index is 0.163. The molecule has 2 aromatic rings. The number of aryl methyl sites for hydroxylation is 1. The standard InChI is InChI=1S/C16H19N3OS/c1-18-11-8-17-16(18)21-12-13-4-6-14(7-5-13)15(20)19-9-2-3-10-19/h4-8,11H,2-3,9-10,12H2,1H3. The molecule has 1 aromatic carbocycles. The molecular weight excluding hydrogens is 282 g/mol. The van der Waals surface area contributed by atoms with Gasteiger partial charge in [-0.3, -0.25) is 4.79 Å². The van der Waals surface area contributed by atoms with E-state index in [2.05, 4.69) is 4.98 Å². The quantitative estimate of drug-likeness (QED) is 0.815. The molecule has 0 aliphatic carbocycles. The highest BCUT2D eigenvalue weighted by Gasteiger charge is 2.19. The second-order valence-corrected chi connectivity index (χ2v) is 6.25. The number of thioether (sulfide) groups is 1. The highest BCUT2D eigenvalue weighted by molar-refractivity contribution is 7.98. The maximum Gasteiger partial charge on any atom is 0.253 e. The molecule has 5 heteroatoms. The van der Waals surface area contributed by atoms with Crippen LogP contribution in [-0.2, 0) is 12.8 Å². The van der Waals surface area contributed by atoms with Gasteiger partial charge in [0, 0.05) is 43.8 Å². The van der Waals surface area contributed by atoms with Gasteiger partial charge in [0.25, 0.3) is 5.91 Å². The van der Waals surface area contributed by atoms with E-state index in [1.165, 1.54) is 5.56 Å². The van der Waals surface area contributed by atoms with Crippen molar-refractivity contribution < 1.29 is 4.79 Å². The number of aromatic nitrogens is 2. The Kier molecular flexibility index (Phi) is 4.29. The first kappa shape index (κ1) is 14.2. The smallest absolute Gasteiger partial charge is 0.253 e. The van der Waals surface area contributed by atoms with Crippen LogP contribution in [0.1, 0.15) is 28.8 Å². The minimum Gasteiger partial charge on any atom is -0.339 e. The molecule has 0 saturated carbocycles. The van der Waals surface area contributed by atoms with Crippen molar-refractivity contribution in [2.45, 2.75) is 23.8 Å². The van der Waals surface area contributed by atoms with Crippen molar-refractivity contribution >= 4 is 17.7 Å². The second-order valence-electron chi connectivity index (χ2n) is 5.31. The molecule has 1 aliphatic rings. The minimum atomic E-state index is 0.163. The summed E-state index contributed by atoms with van der Waals surface area (Å²) in [5, 5.41) is 1.01. The Bertz CT molecular complexity index is 615. The number of hydrogen-bond donors (Lipinski definition) is 0. The first-order chi connectivity index (χ1) is 10.2. The first-order valence-electron chi connectivity index (χ1n) is 7.22. The van der Waals surface area contributed by atoms with E-state index < -0.39 is 0 Å². The van der Waals surface area contributed by atoms with Crippen molar-refractivity contribution in [3.8, 4) is 0 Å². The van der Waals surface area contributed by atoms with Crippen LogP contribution in [0.15, 0.2) is 41.8 Å². The van der Waals surface area contributed by atoms with Crippen molar-refractivity contribution in [2.75, 3.05) is 13.1 Å². The maximum absolute atomic E-state index is 12.3. The molecule has 4 nitrogen and oxygen atoms in total. The van der Waals surface area contributed by atoms with Crippen LogP contribution in [0.25, 0.3) is 0 Å². The highest BCUT2D eigenvalue weighted by Crippen LogP contribution is 2.21. The average molecular weight is 301 g/mol. The van der Waals surface area contributed by atoms with Gasteiger partial charge in [-0.1, -0.05) is 23.9 Å². The average Bonchev–Trinajstić information content (AvgIpc) is 3.17. The normalized spacial score (nSPS) is 14.6. The van der Waals surface area contributed by atoms with Crippen molar-refractivity contribution in [1.29, 1.82) is 0 Å². The Balaban J connectivity index is 1.61. The van der Waals surface area contributed by atoms with Gasteiger partial charge in [-0.2, -0.15) is 0 Å². The number of rotatable bonds is 4. The van der Waals surface area contributed by atoms with Crippen molar-refractivity contribution in [3.63, 3.8) is 0 Å². The summed E-state index contributed by atoms with van der Waals surface area (Å²) in [7, 11) is 1.99. The van der Waals surface area contributed by atoms with E-state index >= 15 is 0 Å². The fraction of sp³-hybridized carbons (Fsp3) is 0.375. The molecule has 0 bridgehead atoms. The molecule has 3 rings (SSSR count). The summed E-state index contributed by atoms with van der Waals surface area (Å²) in [5.41, 5.74) is 2.00. The van der Waals surface area contributed by atoms with Gasteiger partial charge in [-0.15, -0.1) is 0 Å². The molecule has 0 N–H and O–H groups in total. The zero-order valence-electron chi connectivity index (χ0n) is 12.2. The summed E-state index contributed by atoms with van der Waals surface area (Å²) in [4.78, 5) is 18.5. The van der Waals surface area contributed by atoms with Crippen molar-refractivity contribution in [1.82, 2.24) is 14.5 Å². The number of amides is 1.